The van der Waals surface area contributed by atoms with Gasteiger partial charge in [0.2, 0.25) is 11.8 Å². The maximum atomic E-state index is 12.7. The molecule has 1 aromatic heterocycles. The summed E-state index contributed by atoms with van der Waals surface area (Å²) in [6.45, 7) is 8.03. The zero-order chi connectivity index (χ0) is 19.4. The van der Waals surface area contributed by atoms with Gasteiger partial charge in [-0.15, -0.1) is 11.8 Å². The Morgan fingerprint density at radius 1 is 1.11 bits per heavy atom. The first-order chi connectivity index (χ1) is 12.8. The Morgan fingerprint density at radius 3 is 2.52 bits per heavy atom. The standard InChI is InChI=1S/C21H29N3O2S/c1-21(2,3)22-19(25)15-27-18-13-24(17-10-6-5-9-16(17)18)14-20(26)23-11-7-4-8-12-23/h5-6,9-10,13H,4,7-8,11-12,14-15H2,1-3H3,(H,22,25). The molecule has 0 aliphatic carbocycles. The van der Waals surface area contributed by atoms with E-state index < -0.39 is 0 Å². The lowest BCUT2D eigenvalue weighted by Gasteiger charge is -2.27. The Labute approximate surface area is 165 Å². The molecule has 1 aliphatic heterocycles. The van der Waals surface area contributed by atoms with Crippen LogP contribution in [0.5, 0.6) is 0 Å². The largest absolute Gasteiger partial charge is 0.351 e. The van der Waals surface area contributed by atoms with Crippen molar-refractivity contribution in [2.45, 2.75) is 57.0 Å². The fourth-order valence-electron chi connectivity index (χ4n) is 3.45. The molecule has 1 aromatic carbocycles. The summed E-state index contributed by atoms with van der Waals surface area (Å²) in [5.74, 6) is 0.567. The van der Waals surface area contributed by atoms with Crippen LogP contribution in [0.15, 0.2) is 35.4 Å². The zero-order valence-corrected chi connectivity index (χ0v) is 17.3. The highest BCUT2D eigenvalue weighted by Crippen LogP contribution is 2.30. The van der Waals surface area contributed by atoms with Crippen molar-refractivity contribution in [2.24, 2.45) is 0 Å². The number of thioether (sulfide) groups is 1. The Kier molecular flexibility index (Phi) is 6.15. The molecule has 0 atom stereocenters. The summed E-state index contributed by atoms with van der Waals surface area (Å²) in [5.41, 5.74) is 0.813. The average molecular weight is 388 g/mol. The van der Waals surface area contributed by atoms with Crippen LogP contribution in [0.2, 0.25) is 0 Å². The minimum atomic E-state index is -0.230. The van der Waals surface area contributed by atoms with E-state index in [1.807, 2.05) is 54.6 Å². The average Bonchev–Trinajstić information content (AvgIpc) is 2.97. The van der Waals surface area contributed by atoms with Crippen LogP contribution < -0.4 is 5.32 Å². The molecule has 5 nitrogen and oxygen atoms in total. The predicted molar refractivity (Wildman–Crippen MR) is 111 cm³/mol. The van der Waals surface area contributed by atoms with Crippen LogP contribution in [0.25, 0.3) is 10.9 Å². The number of nitrogens with one attached hydrogen (secondary N) is 1. The number of para-hydroxylation sites is 1. The van der Waals surface area contributed by atoms with Gasteiger partial charge in [0.25, 0.3) is 0 Å². The molecule has 1 fully saturated rings. The smallest absolute Gasteiger partial charge is 0.242 e. The molecule has 0 saturated carbocycles. The van der Waals surface area contributed by atoms with Crippen LogP contribution in [0.4, 0.5) is 0 Å². The molecule has 6 heteroatoms. The first kappa shape index (κ1) is 19.8. The molecule has 0 bridgehead atoms. The Hall–Kier alpha value is -1.95. The molecule has 2 amide bonds. The van der Waals surface area contributed by atoms with E-state index in [4.69, 9.17) is 0 Å². The van der Waals surface area contributed by atoms with Crippen LogP contribution in [-0.4, -0.2) is 45.7 Å². The van der Waals surface area contributed by atoms with Gasteiger partial charge in [0, 0.05) is 40.6 Å². The molecule has 0 unspecified atom stereocenters. The molecular weight excluding hydrogens is 358 g/mol. The van der Waals surface area contributed by atoms with E-state index in [9.17, 15) is 9.59 Å². The molecule has 0 spiro atoms. The summed E-state index contributed by atoms with van der Waals surface area (Å²) in [6.07, 6.45) is 5.43. The number of carbonyl (C=O) groups is 2. The van der Waals surface area contributed by atoms with Crippen molar-refractivity contribution in [3.63, 3.8) is 0 Å². The Bertz CT molecular complexity index is 816. The minimum absolute atomic E-state index is 0.0220. The molecule has 146 valence electrons. The van der Waals surface area contributed by atoms with Crippen molar-refractivity contribution < 1.29 is 9.59 Å². The number of fused-ring (bicyclic) bond motifs is 1. The number of benzene rings is 1. The molecule has 1 aliphatic rings. The molecule has 1 saturated heterocycles. The first-order valence-electron chi connectivity index (χ1n) is 9.63. The van der Waals surface area contributed by atoms with Crippen LogP contribution in [0.1, 0.15) is 40.0 Å². The topological polar surface area (TPSA) is 54.3 Å². The second-order valence-electron chi connectivity index (χ2n) is 8.17. The summed E-state index contributed by atoms with van der Waals surface area (Å²) in [7, 11) is 0. The fraction of sp³-hybridized carbons (Fsp3) is 0.524. The second-order valence-corrected chi connectivity index (χ2v) is 9.18. The summed E-state index contributed by atoms with van der Waals surface area (Å²) < 4.78 is 2.02. The van der Waals surface area contributed by atoms with Gasteiger partial charge in [0.15, 0.2) is 0 Å². The lowest BCUT2D eigenvalue weighted by Crippen LogP contribution is -2.41. The van der Waals surface area contributed by atoms with Gasteiger partial charge in [-0.05, 0) is 46.1 Å². The van der Waals surface area contributed by atoms with Crippen molar-refractivity contribution in [1.29, 1.82) is 0 Å². The van der Waals surface area contributed by atoms with Crippen molar-refractivity contribution in [1.82, 2.24) is 14.8 Å². The number of hydrogen-bond donors (Lipinski definition) is 1. The molecule has 2 aromatic rings. The van der Waals surface area contributed by atoms with Gasteiger partial charge < -0.3 is 14.8 Å². The molecule has 2 heterocycles. The highest BCUT2D eigenvalue weighted by molar-refractivity contribution is 8.00. The minimum Gasteiger partial charge on any atom is -0.351 e. The lowest BCUT2D eigenvalue weighted by molar-refractivity contribution is -0.132. The molecular formula is C21H29N3O2S. The van der Waals surface area contributed by atoms with Gasteiger partial charge in [-0.25, -0.2) is 0 Å². The summed E-state index contributed by atoms with van der Waals surface area (Å²) in [5, 5.41) is 4.09. The van der Waals surface area contributed by atoms with Crippen LogP contribution >= 0.6 is 11.8 Å². The zero-order valence-electron chi connectivity index (χ0n) is 16.5. The summed E-state index contributed by atoms with van der Waals surface area (Å²) in [4.78, 5) is 27.9. The van der Waals surface area contributed by atoms with Crippen molar-refractivity contribution in [3.05, 3.63) is 30.5 Å². The SMILES string of the molecule is CC(C)(C)NC(=O)CSc1cn(CC(=O)N2CCCCC2)c2ccccc12. The quantitative estimate of drug-likeness (QED) is 0.797. The highest BCUT2D eigenvalue weighted by atomic mass is 32.2. The normalized spacial score (nSPS) is 15.1. The molecule has 27 heavy (non-hydrogen) atoms. The van der Waals surface area contributed by atoms with Crippen molar-refractivity contribution >= 4 is 34.5 Å². The van der Waals surface area contributed by atoms with E-state index >= 15 is 0 Å². The Morgan fingerprint density at radius 2 is 1.81 bits per heavy atom. The van der Waals surface area contributed by atoms with E-state index in [0.29, 0.717) is 12.3 Å². The number of piperidine rings is 1. The third kappa shape index (κ3) is 5.28. The maximum Gasteiger partial charge on any atom is 0.242 e. The number of amides is 2. The van der Waals surface area contributed by atoms with Gasteiger partial charge >= 0.3 is 0 Å². The van der Waals surface area contributed by atoms with Gasteiger partial charge in [0.05, 0.1) is 5.75 Å². The summed E-state index contributed by atoms with van der Waals surface area (Å²) >= 11 is 1.52. The van der Waals surface area contributed by atoms with Gasteiger partial charge in [0.1, 0.15) is 6.54 Å². The molecule has 3 rings (SSSR count). The number of likely N-dealkylation sites (tertiary alicyclic amines) is 1. The van der Waals surface area contributed by atoms with E-state index in [-0.39, 0.29) is 17.4 Å². The van der Waals surface area contributed by atoms with Gasteiger partial charge in [-0.3, -0.25) is 9.59 Å². The van der Waals surface area contributed by atoms with E-state index in [2.05, 4.69) is 11.4 Å². The number of carbonyl (C=O) groups excluding carboxylic acids is 2. The van der Waals surface area contributed by atoms with Gasteiger partial charge in [-0.2, -0.15) is 0 Å². The third-order valence-electron chi connectivity index (χ3n) is 4.64. The van der Waals surface area contributed by atoms with E-state index in [0.717, 1.165) is 41.7 Å². The summed E-state index contributed by atoms with van der Waals surface area (Å²) in [6, 6.07) is 8.09. The second kappa shape index (κ2) is 8.38. The van der Waals surface area contributed by atoms with Crippen LogP contribution in [0.3, 0.4) is 0 Å². The van der Waals surface area contributed by atoms with Gasteiger partial charge in [-0.1, -0.05) is 18.2 Å². The van der Waals surface area contributed by atoms with Crippen LogP contribution in [-0.2, 0) is 16.1 Å². The van der Waals surface area contributed by atoms with E-state index in [1.165, 1.54) is 18.2 Å². The van der Waals surface area contributed by atoms with Crippen molar-refractivity contribution in [3.8, 4) is 0 Å². The molecule has 0 radical (unpaired) electrons. The fourth-order valence-corrected chi connectivity index (χ4v) is 4.33. The predicted octanol–water partition coefficient (Wildman–Crippen LogP) is 3.66. The molecule has 1 N–H and O–H groups in total. The number of rotatable bonds is 5. The number of nitrogens with zero attached hydrogens (tertiary/aromatic N) is 2. The number of aromatic nitrogens is 1. The van der Waals surface area contributed by atoms with Crippen molar-refractivity contribution in [2.75, 3.05) is 18.8 Å². The Balaban J connectivity index is 1.73. The van der Waals surface area contributed by atoms with E-state index in [1.54, 1.807) is 0 Å². The highest BCUT2D eigenvalue weighted by Gasteiger charge is 2.19. The van der Waals surface area contributed by atoms with Crippen LogP contribution in [0, 0.1) is 0 Å². The first-order valence-corrected chi connectivity index (χ1v) is 10.6. The maximum absolute atomic E-state index is 12.7. The lowest BCUT2D eigenvalue weighted by atomic mass is 10.1. The monoisotopic (exact) mass is 387 g/mol. The third-order valence-corrected chi connectivity index (χ3v) is 5.68. The number of hydrogen-bond acceptors (Lipinski definition) is 3.